The number of benzene rings is 2. The summed E-state index contributed by atoms with van der Waals surface area (Å²) >= 11 is 0. The van der Waals surface area contributed by atoms with Gasteiger partial charge in [-0.2, -0.15) is 5.10 Å². The van der Waals surface area contributed by atoms with E-state index in [2.05, 4.69) is 11.9 Å². The first kappa shape index (κ1) is 19.3. The molecule has 0 unspecified atom stereocenters. The molecule has 0 N–H and O–H groups in total. The Morgan fingerprint density at radius 3 is 2.48 bits per heavy atom. The van der Waals surface area contributed by atoms with E-state index in [1.807, 2.05) is 41.1 Å². The Hall–Kier alpha value is -2.99. The minimum atomic E-state index is -0.251. The fourth-order valence-electron chi connectivity index (χ4n) is 3.77. The van der Waals surface area contributed by atoms with Crippen LogP contribution in [0.4, 0.5) is 4.39 Å². The number of methoxy groups -OCH3 is 1. The van der Waals surface area contributed by atoms with Crippen molar-refractivity contribution in [2.45, 2.75) is 25.8 Å². The summed E-state index contributed by atoms with van der Waals surface area (Å²) in [4.78, 5) is 13.8. The number of halogens is 1. The van der Waals surface area contributed by atoms with Crippen molar-refractivity contribution in [2.24, 2.45) is 0 Å². The Morgan fingerprint density at radius 1 is 1.10 bits per heavy atom. The molecule has 0 radical (unpaired) electrons. The van der Waals surface area contributed by atoms with E-state index < -0.39 is 0 Å². The molecular weight excluding hydrogens is 369 g/mol. The summed E-state index contributed by atoms with van der Waals surface area (Å²) in [7, 11) is 3.51. The van der Waals surface area contributed by atoms with Gasteiger partial charge in [-0.15, -0.1) is 0 Å². The van der Waals surface area contributed by atoms with Gasteiger partial charge in [-0.05, 0) is 42.4 Å². The van der Waals surface area contributed by atoms with Gasteiger partial charge in [0, 0.05) is 31.5 Å². The first-order valence-electron chi connectivity index (χ1n) is 9.72. The number of aromatic nitrogens is 2. The number of carbonyl (C=O) groups excluding carboxylic acids is 1. The maximum Gasteiger partial charge on any atom is 0.309 e. The van der Waals surface area contributed by atoms with Gasteiger partial charge in [0.1, 0.15) is 5.82 Å². The van der Waals surface area contributed by atoms with E-state index in [0.29, 0.717) is 6.42 Å². The van der Waals surface area contributed by atoms with Crippen LogP contribution in [0.3, 0.4) is 0 Å². The first-order chi connectivity index (χ1) is 14.0. The van der Waals surface area contributed by atoms with E-state index in [9.17, 15) is 9.18 Å². The molecule has 0 saturated heterocycles. The summed E-state index contributed by atoms with van der Waals surface area (Å²) in [6.07, 6.45) is 1.85. The van der Waals surface area contributed by atoms with Crippen molar-refractivity contribution in [1.29, 1.82) is 0 Å². The fourth-order valence-corrected chi connectivity index (χ4v) is 3.77. The highest BCUT2D eigenvalue weighted by Gasteiger charge is 2.24. The van der Waals surface area contributed by atoms with E-state index in [1.54, 1.807) is 0 Å². The topological polar surface area (TPSA) is 47.4 Å². The lowest BCUT2D eigenvalue weighted by Crippen LogP contribution is -2.27. The van der Waals surface area contributed by atoms with Gasteiger partial charge in [-0.25, -0.2) is 9.07 Å². The zero-order valence-corrected chi connectivity index (χ0v) is 16.7. The number of hydrogen-bond acceptors (Lipinski definition) is 4. The normalized spacial score (nSPS) is 13.9. The molecule has 0 fully saturated rings. The number of carbonyl (C=O) groups is 1. The van der Waals surface area contributed by atoms with Crippen LogP contribution in [0, 0.1) is 5.82 Å². The summed E-state index contributed by atoms with van der Waals surface area (Å²) in [5.74, 6) is -0.480. The molecule has 2 heterocycles. The highest BCUT2D eigenvalue weighted by molar-refractivity contribution is 5.72. The third kappa shape index (κ3) is 4.22. The molecule has 3 aromatic rings. The third-order valence-electron chi connectivity index (χ3n) is 5.37. The van der Waals surface area contributed by atoms with Crippen LogP contribution in [0.15, 0.2) is 48.5 Å². The molecule has 0 bridgehead atoms. The largest absolute Gasteiger partial charge is 0.469 e. The van der Waals surface area contributed by atoms with Crippen LogP contribution in [-0.2, 0) is 35.3 Å². The Kier molecular flexibility index (Phi) is 5.45. The number of fused-ring (bicyclic) bond motifs is 1. The molecule has 5 nitrogen and oxygen atoms in total. The molecule has 150 valence electrons. The average molecular weight is 393 g/mol. The minimum Gasteiger partial charge on any atom is -0.469 e. The third-order valence-corrected chi connectivity index (χ3v) is 5.37. The number of hydrogen-bond donors (Lipinski definition) is 0. The van der Waals surface area contributed by atoms with Gasteiger partial charge in [0.15, 0.2) is 0 Å². The van der Waals surface area contributed by atoms with Crippen LogP contribution in [0.1, 0.15) is 28.1 Å². The molecule has 1 aliphatic rings. The predicted molar refractivity (Wildman–Crippen MR) is 109 cm³/mol. The highest BCUT2D eigenvalue weighted by atomic mass is 19.1. The molecule has 29 heavy (non-hydrogen) atoms. The molecule has 4 rings (SSSR count). The van der Waals surface area contributed by atoms with E-state index in [4.69, 9.17) is 9.84 Å². The summed E-state index contributed by atoms with van der Waals surface area (Å²) in [5, 5.41) is 4.93. The van der Waals surface area contributed by atoms with Crippen molar-refractivity contribution < 1.29 is 13.9 Å². The Balaban J connectivity index is 1.66. The number of esters is 1. The molecule has 1 aromatic heterocycles. The Bertz CT molecular complexity index is 1010. The van der Waals surface area contributed by atoms with Crippen LogP contribution < -0.4 is 0 Å². The van der Waals surface area contributed by atoms with E-state index >= 15 is 0 Å². The summed E-state index contributed by atoms with van der Waals surface area (Å²) in [6.45, 7) is 1.83. The van der Waals surface area contributed by atoms with E-state index in [0.717, 1.165) is 42.0 Å². The first-order valence-corrected chi connectivity index (χ1v) is 9.72. The van der Waals surface area contributed by atoms with Crippen molar-refractivity contribution in [1.82, 2.24) is 14.7 Å². The Morgan fingerprint density at radius 2 is 1.79 bits per heavy atom. The van der Waals surface area contributed by atoms with Gasteiger partial charge in [0.05, 0.1) is 30.6 Å². The van der Waals surface area contributed by atoms with Crippen molar-refractivity contribution in [2.75, 3.05) is 20.7 Å². The maximum atomic E-state index is 13.3. The second kappa shape index (κ2) is 8.17. The summed E-state index contributed by atoms with van der Waals surface area (Å²) in [6, 6.07) is 14.5. The lowest BCUT2D eigenvalue weighted by atomic mass is 10.0. The fraction of sp³-hybridized carbons (Fsp3) is 0.304. The molecule has 0 atom stereocenters. The van der Waals surface area contributed by atoms with Gasteiger partial charge >= 0.3 is 5.97 Å². The summed E-state index contributed by atoms with van der Waals surface area (Å²) in [5.41, 5.74) is 6.43. The van der Waals surface area contributed by atoms with Crippen molar-refractivity contribution >= 4 is 5.97 Å². The average Bonchev–Trinajstić information content (AvgIpc) is 3.07. The molecular formula is C23H24FN3O2. The number of nitrogens with zero attached hydrogens (tertiary/aromatic N) is 3. The van der Waals surface area contributed by atoms with Gasteiger partial charge in [-0.3, -0.25) is 4.79 Å². The van der Waals surface area contributed by atoms with Crippen LogP contribution in [-0.4, -0.2) is 41.4 Å². The molecule has 0 aliphatic carbocycles. The van der Waals surface area contributed by atoms with Crippen molar-refractivity contribution in [3.8, 4) is 5.69 Å². The molecule has 6 heteroatoms. The van der Waals surface area contributed by atoms with Gasteiger partial charge in [-0.1, -0.05) is 24.3 Å². The zero-order valence-electron chi connectivity index (χ0n) is 16.7. The van der Waals surface area contributed by atoms with E-state index in [1.165, 1.54) is 30.5 Å². The van der Waals surface area contributed by atoms with Gasteiger partial charge in [0.2, 0.25) is 0 Å². The van der Waals surface area contributed by atoms with E-state index in [-0.39, 0.29) is 18.2 Å². The highest BCUT2D eigenvalue weighted by Crippen LogP contribution is 2.26. The quantitative estimate of drug-likeness (QED) is 0.624. The molecule has 1 aliphatic heterocycles. The van der Waals surface area contributed by atoms with Crippen LogP contribution in [0.2, 0.25) is 0 Å². The maximum absolute atomic E-state index is 13.3. The van der Waals surface area contributed by atoms with Crippen LogP contribution >= 0.6 is 0 Å². The minimum absolute atomic E-state index is 0.229. The Labute approximate surface area is 169 Å². The van der Waals surface area contributed by atoms with Crippen LogP contribution in [0.25, 0.3) is 5.69 Å². The monoisotopic (exact) mass is 393 g/mol. The number of rotatable bonds is 5. The van der Waals surface area contributed by atoms with Crippen molar-refractivity contribution in [3.63, 3.8) is 0 Å². The molecule has 2 aromatic carbocycles. The predicted octanol–water partition coefficient (Wildman–Crippen LogP) is 3.31. The van der Waals surface area contributed by atoms with Gasteiger partial charge < -0.3 is 9.64 Å². The SMILES string of the molecule is COC(=O)Cc1ccc(-n2nc(Cc3ccc(F)cc3)c3c2CCN(C)C3)cc1. The zero-order chi connectivity index (χ0) is 20.4. The van der Waals surface area contributed by atoms with Crippen molar-refractivity contribution in [3.05, 3.63) is 82.4 Å². The molecule has 0 saturated carbocycles. The lowest BCUT2D eigenvalue weighted by molar-refractivity contribution is -0.139. The second-order valence-electron chi connectivity index (χ2n) is 7.49. The van der Waals surface area contributed by atoms with Gasteiger partial charge in [0.25, 0.3) is 0 Å². The standard InChI is InChI=1S/C23H24FN3O2/c1-26-12-11-22-20(15-26)21(13-16-3-7-18(24)8-4-16)25-27(22)19-9-5-17(6-10-19)14-23(28)29-2/h3-10H,11-15H2,1-2H3. The number of likely N-dealkylation sites (N-methyl/N-ethyl adjacent to an activating group) is 1. The summed E-state index contributed by atoms with van der Waals surface area (Å²) < 4.78 is 20.0. The lowest BCUT2D eigenvalue weighted by Gasteiger charge is -2.23. The molecule has 0 amide bonds. The smallest absolute Gasteiger partial charge is 0.309 e. The molecule has 0 spiro atoms. The number of ether oxygens (including phenoxy) is 1. The van der Waals surface area contributed by atoms with Crippen LogP contribution in [0.5, 0.6) is 0 Å². The second-order valence-corrected chi connectivity index (χ2v) is 7.49.